The van der Waals surface area contributed by atoms with Crippen LogP contribution in [0.3, 0.4) is 0 Å². The summed E-state index contributed by atoms with van der Waals surface area (Å²) < 4.78 is 13.6. The number of nitrogens with zero attached hydrogens (tertiary/aromatic N) is 1. The number of halogens is 2. The molecule has 0 fully saturated rings. The molecular formula is C16H10ClFN2O. The van der Waals surface area contributed by atoms with Crippen molar-refractivity contribution in [2.24, 2.45) is 0 Å². The van der Waals surface area contributed by atoms with Crippen molar-refractivity contribution in [3.05, 3.63) is 71.1 Å². The van der Waals surface area contributed by atoms with Gasteiger partial charge in [0.15, 0.2) is 0 Å². The Morgan fingerprint density at radius 1 is 1.14 bits per heavy atom. The SMILES string of the molecule is O=C(Nc1ccnc2ccc(Cl)cc12)c1ccccc1F. The first-order valence-corrected chi connectivity index (χ1v) is 6.63. The van der Waals surface area contributed by atoms with Crippen LogP contribution in [-0.2, 0) is 0 Å². The van der Waals surface area contributed by atoms with Gasteiger partial charge in [-0.15, -0.1) is 0 Å². The van der Waals surface area contributed by atoms with Crippen molar-refractivity contribution in [1.82, 2.24) is 4.98 Å². The van der Waals surface area contributed by atoms with Crippen molar-refractivity contribution in [1.29, 1.82) is 0 Å². The molecule has 5 heteroatoms. The van der Waals surface area contributed by atoms with E-state index in [1.807, 2.05) is 0 Å². The molecule has 2 aromatic carbocycles. The first-order chi connectivity index (χ1) is 10.1. The first kappa shape index (κ1) is 13.5. The number of carbonyl (C=O) groups is 1. The first-order valence-electron chi connectivity index (χ1n) is 6.25. The minimum absolute atomic E-state index is 0.00973. The van der Waals surface area contributed by atoms with Crippen LogP contribution in [0.15, 0.2) is 54.7 Å². The Labute approximate surface area is 125 Å². The molecule has 0 saturated heterocycles. The molecular weight excluding hydrogens is 291 g/mol. The lowest BCUT2D eigenvalue weighted by Crippen LogP contribution is -2.14. The molecule has 104 valence electrons. The Balaban J connectivity index is 2.00. The quantitative estimate of drug-likeness (QED) is 0.767. The number of rotatable bonds is 2. The largest absolute Gasteiger partial charge is 0.321 e. The number of aromatic nitrogens is 1. The highest BCUT2D eigenvalue weighted by molar-refractivity contribution is 6.31. The van der Waals surface area contributed by atoms with Gasteiger partial charge in [0, 0.05) is 16.6 Å². The van der Waals surface area contributed by atoms with E-state index >= 15 is 0 Å². The third kappa shape index (κ3) is 2.71. The van der Waals surface area contributed by atoms with Crippen molar-refractivity contribution in [2.45, 2.75) is 0 Å². The Morgan fingerprint density at radius 3 is 2.76 bits per heavy atom. The summed E-state index contributed by atoms with van der Waals surface area (Å²) in [4.78, 5) is 16.4. The summed E-state index contributed by atoms with van der Waals surface area (Å²) in [5, 5.41) is 3.93. The summed E-state index contributed by atoms with van der Waals surface area (Å²) in [7, 11) is 0. The minimum atomic E-state index is -0.564. The second kappa shape index (κ2) is 5.50. The summed E-state index contributed by atoms with van der Waals surface area (Å²) in [6.07, 6.45) is 1.58. The highest BCUT2D eigenvalue weighted by Gasteiger charge is 2.12. The summed E-state index contributed by atoms with van der Waals surface area (Å²) in [5.41, 5.74) is 1.23. The molecule has 3 rings (SSSR count). The lowest BCUT2D eigenvalue weighted by atomic mass is 10.1. The topological polar surface area (TPSA) is 42.0 Å². The number of benzene rings is 2. The van der Waals surface area contributed by atoms with Crippen LogP contribution < -0.4 is 5.32 Å². The van der Waals surface area contributed by atoms with Crippen LogP contribution in [0.2, 0.25) is 5.02 Å². The molecule has 0 aliphatic heterocycles. The molecule has 1 amide bonds. The Morgan fingerprint density at radius 2 is 1.95 bits per heavy atom. The molecule has 0 aliphatic carbocycles. The fourth-order valence-corrected chi connectivity index (χ4v) is 2.23. The summed E-state index contributed by atoms with van der Waals surface area (Å²) in [6, 6.07) is 12.7. The number of fused-ring (bicyclic) bond motifs is 1. The van der Waals surface area contributed by atoms with Crippen molar-refractivity contribution in [3.63, 3.8) is 0 Å². The van der Waals surface area contributed by atoms with Gasteiger partial charge >= 0.3 is 0 Å². The molecule has 0 radical (unpaired) electrons. The number of anilines is 1. The Bertz CT molecular complexity index is 835. The third-order valence-corrected chi connectivity index (χ3v) is 3.31. The van der Waals surface area contributed by atoms with Gasteiger partial charge in [-0.3, -0.25) is 9.78 Å². The van der Waals surface area contributed by atoms with Gasteiger partial charge in [0.25, 0.3) is 5.91 Å². The molecule has 1 heterocycles. The van der Waals surface area contributed by atoms with Crippen molar-refractivity contribution >= 4 is 34.1 Å². The molecule has 0 atom stereocenters. The van der Waals surface area contributed by atoms with E-state index in [2.05, 4.69) is 10.3 Å². The van der Waals surface area contributed by atoms with E-state index in [4.69, 9.17) is 11.6 Å². The number of amides is 1. The monoisotopic (exact) mass is 300 g/mol. The molecule has 0 saturated carbocycles. The predicted octanol–water partition coefficient (Wildman–Crippen LogP) is 4.28. The highest BCUT2D eigenvalue weighted by Crippen LogP contribution is 2.25. The van der Waals surface area contributed by atoms with E-state index in [9.17, 15) is 9.18 Å². The normalized spacial score (nSPS) is 10.6. The van der Waals surface area contributed by atoms with Gasteiger partial charge in [0.05, 0.1) is 16.8 Å². The highest BCUT2D eigenvalue weighted by atomic mass is 35.5. The van der Waals surface area contributed by atoms with Gasteiger partial charge < -0.3 is 5.32 Å². The lowest BCUT2D eigenvalue weighted by Gasteiger charge is -2.09. The third-order valence-electron chi connectivity index (χ3n) is 3.07. The van der Waals surface area contributed by atoms with Gasteiger partial charge in [-0.1, -0.05) is 23.7 Å². The number of carbonyl (C=O) groups excluding carboxylic acids is 1. The zero-order valence-corrected chi connectivity index (χ0v) is 11.6. The maximum Gasteiger partial charge on any atom is 0.258 e. The lowest BCUT2D eigenvalue weighted by molar-refractivity contribution is 0.102. The van der Waals surface area contributed by atoms with Crippen LogP contribution >= 0.6 is 11.6 Å². The van der Waals surface area contributed by atoms with Gasteiger partial charge in [-0.2, -0.15) is 0 Å². The number of hydrogen-bond acceptors (Lipinski definition) is 2. The second-order valence-corrected chi connectivity index (χ2v) is 4.89. The zero-order chi connectivity index (χ0) is 14.8. The van der Waals surface area contributed by atoms with E-state index in [0.29, 0.717) is 21.6 Å². The molecule has 21 heavy (non-hydrogen) atoms. The molecule has 0 unspecified atom stereocenters. The van der Waals surface area contributed by atoms with E-state index in [1.165, 1.54) is 18.2 Å². The van der Waals surface area contributed by atoms with Crippen molar-refractivity contribution in [3.8, 4) is 0 Å². The molecule has 0 aliphatic rings. The molecule has 1 aromatic heterocycles. The molecule has 0 bridgehead atoms. The van der Waals surface area contributed by atoms with Crippen molar-refractivity contribution in [2.75, 3.05) is 5.32 Å². The average Bonchev–Trinajstić information content (AvgIpc) is 2.48. The molecule has 3 nitrogen and oxygen atoms in total. The predicted molar refractivity (Wildman–Crippen MR) is 81.1 cm³/mol. The van der Waals surface area contributed by atoms with Crippen LogP contribution in [-0.4, -0.2) is 10.9 Å². The van der Waals surface area contributed by atoms with Crippen LogP contribution in [0, 0.1) is 5.82 Å². The van der Waals surface area contributed by atoms with Gasteiger partial charge in [-0.25, -0.2) is 4.39 Å². The minimum Gasteiger partial charge on any atom is -0.321 e. The molecule has 1 N–H and O–H groups in total. The smallest absolute Gasteiger partial charge is 0.258 e. The van der Waals surface area contributed by atoms with E-state index in [-0.39, 0.29) is 5.56 Å². The van der Waals surface area contributed by atoms with Crippen LogP contribution in [0.1, 0.15) is 10.4 Å². The Hall–Kier alpha value is -2.46. The maximum absolute atomic E-state index is 13.6. The van der Waals surface area contributed by atoms with Gasteiger partial charge in [0.2, 0.25) is 0 Å². The summed E-state index contributed by atoms with van der Waals surface area (Å²) in [6.45, 7) is 0. The van der Waals surface area contributed by atoms with Crippen LogP contribution in [0.25, 0.3) is 10.9 Å². The van der Waals surface area contributed by atoms with Crippen LogP contribution in [0.5, 0.6) is 0 Å². The molecule has 0 spiro atoms. The summed E-state index contributed by atoms with van der Waals surface area (Å²) in [5.74, 6) is -1.08. The van der Waals surface area contributed by atoms with Gasteiger partial charge in [0.1, 0.15) is 5.82 Å². The van der Waals surface area contributed by atoms with E-state index in [1.54, 1.807) is 36.5 Å². The number of pyridine rings is 1. The fraction of sp³-hybridized carbons (Fsp3) is 0. The summed E-state index contributed by atoms with van der Waals surface area (Å²) >= 11 is 5.97. The van der Waals surface area contributed by atoms with E-state index in [0.717, 1.165) is 0 Å². The zero-order valence-electron chi connectivity index (χ0n) is 10.8. The number of hydrogen-bond donors (Lipinski definition) is 1. The standard InChI is InChI=1S/C16H10ClFN2O/c17-10-5-6-14-12(9-10)15(7-8-19-14)20-16(21)11-3-1-2-4-13(11)18/h1-9H,(H,19,20,21). The van der Waals surface area contributed by atoms with Crippen LogP contribution in [0.4, 0.5) is 10.1 Å². The molecule has 3 aromatic rings. The maximum atomic E-state index is 13.6. The van der Waals surface area contributed by atoms with Gasteiger partial charge in [-0.05, 0) is 36.4 Å². The Kier molecular flexibility index (Phi) is 3.54. The second-order valence-electron chi connectivity index (χ2n) is 4.45. The fourth-order valence-electron chi connectivity index (χ4n) is 2.06. The van der Waals surface area contributed by atoms with Crippen molar-refractivity contribution < 1.29 is 9.18 Å². The average molecular weight is 301 g/mol. The van der Waals surface area contributed by atoms with E-state index < -0.39 is 11.7 Å². The number of nitrogens with one attached hydrogen (secondary N) is 1.